The van der Waals surface area contributed by atoms with Crippen LogP contribution in [0.1, 0.15) is 22.5 Å². The molecule has 1 aromatic heterocycles. The lowest BCUT2D eigenvalue weighted by Gasteiger charge is -2.18. The Morgan fingerprint density at radius 1 is 1.38 bits per heavy atom. The molecule has 2 fully saturated rings. The van der Waals surface area contributed by atoms with Crippen molar-refractivity contribution in [2.24, 2.45) is 17.6 Å². The molecule has 114 valence electrons. The quantitative estimate of drug-likeness (QED) is 0.843. The lowest BCUT2D eigenvalue weighted by molar-refractivity contribution is -0.129. The molecule has 1 aliphatic carbocycles. The fourth-order valence-electron chi connectivity index (χ4n) is 3.30. The zero-order valence-electron chi connectivity index (χ0n) is 11.5. The largest absolute Gasteiger partial charge is 0.342 e. The fraction of sp³-hybridized carbons (Fsp3) is 0.571. The molecule has 3 unspecified atom stereocenters. The van der Waals surface area contributed by atoms with Crippen LogP contribution < -0.4 is 11.1 Å². The first kappa shape index (κ1) is 15.0. The van der Waals surface area contributed by atoms with Gasteiger partial charge in [0.2, 0.25) is 5.91 Å². The summed E-state index contributed by atoms with van der Waals surface area (Å²) in [7, 11) is 0. The van der Waals surface area contributed by atoms with E-state index in [-0.39, 0.29) is 24.4 Å². The zero-order chi connectivity index (χ0) is 15.0. The van der Waals surface area contributed by atoms with Crippen molar-refractivity contribution in [1.29, 1.82) is 0 Å². The number of fused-ring (bicyclic) bond motifs is 1. The van der Waals surface area contributed by atoms with Gasteiger partial charge in [-0.05, 0) is 52.7 Å². The predicted molar refractivity (Wildman–Crippen MR) is 85.1 cm³/mol. The normalized spacial score (nSPS) is 27.7. The van der Waals surface area contributed by atoms with Crippen molar-refractivity contribution >= 4 is 39.1 Å². The first-order valence-electron chi connectivity index (χ1n) is 7.11. The minimum Gasteiger partial charge on any atom is -0.342 e. The van der Waals surface area contributed by atoms with Crippen LogP contribution >= 0.6 is 27.3 Å². The molecule has 2 aliphatic rings. The van der Waals surface area contributed by atoms with E-state index in [1.807, 2.05) is 11.0 Å². The van der Waals surface area contributed by atoms with Crippen LogP contribution in [0, 0.1) is 11.8 Å². The van der Waals surface area contributed by atoms with Crippen molar-refractivity contribution < 1.29 is 9.59 Å². The highest BCUT2D eigenvalue weighted by atomic mass is 79.9. The summed E-state index contributed by atoms with van der Waals surface area (Å²) in [5.74, 6) is 0.779. The van der Waals surface area contributed by atoms with Gasteiger partial charge in [-0.2, -0.15) is 0 Å². The van der Waals surface area contributed by atoms with Gasteiger partial charge in [-0.25, -0.2) is 0 Å². The second kappa shape index (κ2) is 6.06. The highest BCUT2D eigenvalue weighted by Crippen LogP contribution is 2.36. The van der Waals surface area contributed by atoms with E-state index < -0.39 is 0 Å². The number of halogens is 1. The minimum absolute atomic E-state index is 0.0134. The average Bonchev–Trinajstić information content (AvgIpc) is 3.14. The van der Waals surface area contributed by atoms with Gasteiger partial charge in [0.1, 0.15) is 0 Å². The van der Waals surface area contributed by atoms with Crippen LogP contribution in [-0.4, -0.2) is 42.4 Å². The Morgan fingerprint density at radius 2 is 2.19 bits per heavy atom. The van der Waals surface area contributed by atoms with Crippen LogP contribution in [0.15, 0.2) is 15.9 Å². The first-order chi connectivity index (χ1) is 10.0. The summed E-state index contributed by atoms with van der Waals surface area (Å²) in [6.07, 6.45) is 2.19. The molecule has 2 amide bonds. The number of nitrogens with two attached hydrogens (primary N) is 1. The molecule has 1 saturated carbocycles. The number of carbonyl (C=O) groups excluding carboxylic acids is 2. The zero-order valence-corrected chi connectivity index (χ0v) is 14.0. The Kier molecular flexibility index (Phi) is 4.33. The summed E-state index contributed by atoms with van der Waals surface area (Å²) in [4.78, 5) is 26.6. The molecule has 3 N–H and O–H groups in total. The van der Waals surface area contributed by atoms with Crippen molar-refractivity contribution in [1.82, 2.24) is 10.2 Å². The number of hydrogen-bond acceptors (Lipinski definition) is 4. The highest BCUT2D eigenvalue weighted by molar-refractivity contribution is 9.11. The lowest BCUT2D eigenvalue weighted by Crippen LogP contribution is -2.40. The van der Waals surface area contributed by atoms with Gasteiger partial charge in [-0.3, -0.25) is 9.59 Å². The Bertz CT molecular complexity index is 562. The van der Waals surface area contributed by atoms with E-state index in [2.05, 4.69) is 21.2 Å². The third kappa shape index (κ3) is 3.14. The van der Waals surface area contributed by atoms with Crippen LogP contribution in [0.3, 0.4) is 0 Å². The molecule has 3 rings (SSSR count). The molecule has 0 aromatic carbocycles. The van der Waals surface area contributed by atoms with Gasteiger partial charge in [0.15, 0.2) is 0 Å². The molecule has 7 heteroatoms. The number of nitrogens with one attached hydrogen (secondary N) is 1. The third-order valence-electron chi connectivity index (χ3n) is 4.46. The molecule has 0 radical (unpaired) electrons. The Morgan fingerprint density at radius 3 is 2.86 bits per heavy atom. The molecule has 1 saturated heterocycles. The maximum absolute atomic E-state index is 12.2. The fourth-order valence-corrected chi connectivity index (χ4v) is 4.60. The smallest absolute Gasteiger partial charge is 0.261 e. The number of nitrogens with zero attached hydrogens (tertiary/aromatic N) is 1. The van der Waals surface area contributed by atoms with E-state index in [0.29, 0.717) is 16.7 Å². The third-order valence-corrected chi connectivity index (χ3v) is 6.08. The molecule has 0 spiro atoms. The average molecular weight is 372 g/mol. The number of rotatable bonds is 3. The van der Waals surface area contributed by atoms with Crippen LogP contribution in [-0.2, 0) is 4.79 Å². The van der Waals surface area contributed by atoms with Gasteiger partial charge in [0.05, 0.1) is 15.2 Å². The summed E-state index contributed by atoms with van der Waals surface area (Å²) in [5.41, 5.74) is 6.07. The van der Waals surface area contributed by atoms with Crippen molar-refractivity contribution in [3.8, 4) is 0 Å². The predicted octanol–water partition coefficient (Wildman–Crippen LogP) is 1.44. The lowest BCUT2D eigenvalue weighted by atomic mass is 9.98. The number of amides is 2. The Labute approximate surface area is 136 Å². The van der Waals surface area contributed by atoms with Gasteiger partial charge >= 0.3 is 0 Å². The number of carbonyl (C=O) groups is 2. The molecule has 0 bridgehead atoms. The van der Waals surface area contributed by atoms with Gasteiger partial charge in [-0.15, -0.1) is 11.3 Å². The SMILES string of the molecule is NC1CCC2CN(C(=O)CNC(=O)c3ccc(Br)s3)CC12. The minimum atomic E-state index is -0.199. The maximum Gasteiger partial charge on any atom is 0.261 e. The molecule has 5 nitrogen and oxygen atoms in total. The number of hydrogen-bond donors (Lipinski definition) is 2. The van der Waals surface area contributed by atoms with Gasteiger partial charge in [0, 0.05) is 19.1 Å². The van der Waals surface area contributed by atoms with E-state index in [0.717, 1.165) is 29.7 Å². The standard InChI is InChI=1S/C14H18BrN3O2S/c15-12-4-3-11(21-12)14(20)17-5-13(19)18-6-8-1-2-10(16)9(8)7-18/h3-4,8-10H,1-2,5-7,16H2,(H,17,20). The molecular formula is C14H18BrN3O2S. The molecule has 2 heterocycles. The molecule has 1 aliphatic heterocycles. The first-order valence-corrected chi connectivity index (χ1v) is 8.72. The topological polar surface area (TPSA) is 75.4 Å². The van der Waals surface area contributed by atoms with Crippen molar-refractivity contribution in [3.63, 3.8) is 0 Å². The maximum atomic E-state index is 12.2. The van der Waals surface area contributed by atoms with Gasteiger partial charge in [0.25, 0.3) is 5.91 Å². The van der Waals surface area contributed by atoms with Crippen LogP contribution in [0.5, 0.6) is 0 Å². The van der Waals surface area contributed by atoms with Gasteiger partial charge in [-0.1, -0.05) is 0 Å². The summed E-state index contributed by atoms with van der Waals surface area (Å²) in [6, 6.07) is 3.80. The van der Waals surface area contributed by atoms with E-state index in [4.69, 9.17) is 5.73 Å². The molecule has 3 atom stereocenters. The van der Waals surface area contributed by atoms with Gasteiger partial charge < -0.3 is 16.0 Å². The summed E-state index contributed by atoms with van der Waals surface area (Å²) in [6.45, 7) is 1.59. The van der Waals surface area contributed by atoms with Crippen molar-refractivity contribution in [2.75, 3.05) is 19.6 Å². The van der Waals surface area contributed by atoms with E-state index in [1.165, 1.54) is 11.3 Å². The second-order valence-electron chi connectivity index (χ2n) is 5.75. The molecule has 1 aromatic rings. The summed E-state index contributed by atoms with van der Waals surface area (Å²) >= 11 is 4.68. The van der Waals surface area contributed by atoms with Crippen LogP contribution in [0.2, 0.25) is 0 Å². The van der Waals surface area contributed by atoms with E-state index in [9.17, 15) is 9.59 Å². The monoisotopic (exact) mass is 371 g/mol. The van der Waals surface area contributed by atoms with Crippen molar-refractivity contribution in [2.45, 2.75) is 18.9 Å². The summed E-state index contributed by atoms with van der Waals surface area (Å²) < 4.78 is 0.903. The molecule has 21 heavy (non-hydrogen) atoms. The molecular weight excluding hydrogens is 354 g/mol. The van der Waals surface area contributed by atoms with Crippen LogP contribution in [0.25, 0.3) is 0 Å². The Balaban J connectivity index is 1.50. The Hall–Kier alpha value is -0.920. The number of thiophene rings is 1. The summed E-state index contributed by atoms with van der Waals surface area (Å²) in [5, 5.41) is 2.69. The van der Waals surface area contributed by atoms with E-state index >= 15 is 0 Å². The number of likely N-dealkylation sites (tertiary alicyclic amines) is 1. The van der Waals surface area contributed by atoms with E-state index in [1.54, 1.807) is 6.07 Å². The highest BCUT2D eigenvalue weighted by Gasteiger charge is 2.42. The van der Waals surface area contributed by atoms with Crippen molar-refractivity contribution in [3.05, 3.63) is 20.8 Å². The van der Waals surface area contributed by atoms with Crippen LogP contribution in [0.4, 0.5) is 0 Å². The second-order valence-corrected chi connectivity index (χ2v) is 8.21.